The third-order valence-corrected chi connectivity index (χ3v) is 3.11. The van der Waals surface area contributed by atoms with Crippen LogP contribution in [-0.4, -0.2) is 9.78 Å². The summed E-state index contributed by atoms with van der Waals surface area (Å²) in [6.07, 6.45) is 1.54. The second-order valence-corrected chi connectivity index (χ2v) is 4.68. The van der Waals surface area contributed by atoms with E-state index in [9.17, 15) is 8.78 Å². The van der Waals surface area contributed by atoms with E-state index < -0.39 is 17.7 Å². The maximum atomic E-state index is 13.9. The Balaban J connectivity index is 2.56. The van der Waals surface area contributed by atoms with Crippen molar-refractivity contribution in [1.29, 1.82) is 0 Å². The van der Waals surface area contributed by atoms with Crippen LogP contribution in [-0.2, 0) is 7.05 Å². The van der Waals surface area contributed by atoms with Crippen molar-refractivity contribution in [1.82, 2.24) is 15.2 Å². The Morgan fingerprint density at radius 1 is 1.39 bits per heavy atom. The van der Waals surface area contributed by atoms with Crippen LogP contribution in [0.15, 0.2) is 28.9 Å². The Morgan fingerprint density at radius 3 is 2.44 bits per heavy atom. The van der Waals surface area contributed by atoms with E-state index in [1.807, 2.05) is 0 Å². The molecular weight excluding hydrogens is 306 g/mol. The van der Waals surface area contributed by atoms with Gasteiger partial charge in [0.2, 0.25) is 0 Å². The molecule has 0 bridgehead atoms. The number of aromatic nitrogens is 2. The number of nitrogens with two attached hydrogens (primary N) is 1. The Morgan fingerprint density at radius 2 is 2.00 bits per heavy atom. The van der Waals surface area contributed by atoms with Crippen LogP contribution < -0.4 is 11.3 Å². The smallest absolute Gasteiger partial charge is 0.132 e. The molecule has 0 spiro atoms. The summed E-state index contributed by atoms with van der Waals surface area (Å²) in [6, 6.07) is 3.23. The monoisotopic (exact) mass is 316 g/mol. The third-order valence-electron chi connectivity index (χ3n) is 2.65. The number of rotatable bonds is 3. The summed E-state index contributed by atoms with van der Waals surface area (Å²) in [5.41, 5.74) is 2.84. The number of nitrogens with one attached hydrogen (secondary N) is 1. The Labute approximate surface area is 111 Å². The van der Waals surface area contributed by atoms with Crippen molar-refractivity contribution in [2.75, 3.05) is 0 Å². The molecular formula is C11H11BrF2N4. The molecule has 0 radical (unpaired) electrons. The lowest BCUT2D eigenvalue weighted by molar-refractivity contribution is 0.492. The average molecular weight is 317 g/mol. The number of hydrazine groups is 1. The van der Waals surface area contributed by atoms with Gasteiger partial charge in [0, 0.05) is 23.3 Å². The van der Waals surface area contributed by atoms with Gasteiger partial charge in [0.1, 0.15) is 11.6 Å². The van der Waals surface area contributed by atoms with Crippen molar-refractivity contribution in [2.24, 2.45) is 12.9 Å². The summed E-state index contributed by atoms with van der Waals surface area (Å²) in [6.45, 7) is 0. The molecule has 2 aromatic rings. The van der Waals surface area contributed by atoms with E-state index in [-0.39, 0.29) is 5.56 Å². The first-order valence-electron chi connectivity index (χ1n) is 5.13. The normalized spacial score (nSPS) is 12.7. The van der Waals surface area contributed by atoms with Gasteiger partial charge in [-0.2, -0.15) is 5.10 Å². The van der Waals surface area contributed by atoms with Gasteiger partial charge in [-0.15, -0.1) is 0 Å². The van der Waals surface area contributed by atoms with E-state index in [2.05, 4.69) is 26.5 Å². The van der Waals surface area contributed by atoms with Crippen molar-refractivity contribution in [3.63, 3.8) is 0 Å². The van der Waals surface area contributed by atoms with E-state index >= 15 is 0 Å². The standard InChI is InChI=1S/C11H11BrF2N4/c1-18-9(2-3-16-18)11(17-15)10-7(13)4-6(12)5-8(10)14/h2-5,11,17H,15H2,1H3. The zero-order valence-electron chi connectivity index (χ0n) is 9.49. The number of hydrogen-bond donors (Lipinski definition) is 2. The molecule has 1 aromatic heterocycles. The van der Waals surface area contributed by atoms with Crippen LogP contribution in [0.1, 0.15) is 17.3 Å². The summed E-state index contributed by atoms with van der Waals surface area (Å²) in [5, 5.41) is 3.95. The van der Waals surface area contributed by atoms with Crippen molar-refractivity contribution >= 4 is 15.9 Å². The minimum absolute atomic E-state index is 0.135. The molecule has 4 nitrogen and oxygen atoms in total. The SMILES string of the molecule is Cn1nccc1C(NN)c1c(F)cc(Br)cc1F. The van der Waals surface area contributed by atoms with Gasteiger partial charge < -0.3 is 0 Å². The molecule has 1 heterocycles. The molecule has 3 N–H and O–H groups in total. The highest BCUT2D eigenvalue weighted by Crippen LogP contribution is 2.28. The number of benzene rings is 1. The molecule has 0 saturated carbocycles. The third kappa shape index (κ3) is 2.29. The predicted molar refractivity (Wildman–Crippen MR) is 66.4 cm³/mol. The Kier molecular flexibility index (Phi) is 3.74. The van der Waals surface area contributed by atoms with Crippen LogP contribution in [0.2, 0.25) is 0 Å². The molecule has 1 atom stereocenters. The van der Waals surface area contributed by atoms with E-state index in [1.54, 1.807) is 13.1 Å². The molecule has 96 valence electrons. The fraction of sp³-hybridized carbons (Fsp3) is 0.182. The Bertz CT molecular complexity index is 547. The van der Waals surface area contributed by atoms with E-state index in [4.69, 9.17) is 5.84 Å². The Hall–Kier alpha value is -1.31. The lowest BCUT2D eigenvalue weighted by atomic mass is 10.0. The average Bonchev–Trinajstić information content (AvgIpc) is 2.69. The van der Waals surface area contributed by atoms with Crippen molar-refractivity contribution in [3.8, 4) is 0 Å². The predicted octanol–water partition coefficient (Wildman–Crippen LogP) is 2.01. The molecule has 0 fully saturated rings. The van der Waals surface area contributed by atoms with Crippen LogP contribution in [0.3, 0.4) is 0 Å². The molecule has 1 unspecified atom stereocenters. The van der Waals surface area contributed by atoms with E-state index in [0.717, 1.165) is 0 Å². The van der Waals surface area contributed by atoms with Gasteiger partial charge >= 0.3 is 0 Å². The summed E-state index contributed by atoms with van der Waals surface area (Å²) < 4.78 is 29.6. The fourth-order valence-corrected chi connectivity index (χ4v) is 2.22. The fourth-order valence-electron chi connectivity index (χ4n) is 1.81. The second-order valence-electron chi connectivity index (χ2n) is 3.76. The number of aryl methyl sites for hydroxylation is 1. The number of nitrogens with zero attached hydrogens (tertiary/aromatic N) is 2. The molecule has 0 aliphatic rings. The van der Waals surface area contributed by atoms with Gasteiger partial charge in [0.25, 0.3) is 0 Å². The van der Waals surface area contributed by atoms with Crippen LogP contribution in [0, 0.1) is 11.6 Å². The van der Waals surface area contributed by atoms with Crippen molar-refractivity contribution in [2.45, 2.75) is 6.04 Å². The minimum atomic E-state index is -0.800. The first-order valence-corrected chi connectivity index (χ1v) is 5.92. The molecule has 0 aliphatic carbocycles. The van der Waals surface area contributed by atoms with Crippen molar-refractivity contribution in [3.05, 3.63) is 51.8 Å². The lowest BCUT2D eigenvalue weighted by Crippen LogP contribution is -2.31. The van der Waals surface area contributed by atoms with Gasteiger partial charge in [-0.1, -0.05) is 15.9 Å². The van der Waals surface area contributed by atoms with E-state index in [0.29, 0.717) is 10.2 Å². The van der Waals surface area contributed by atoms with Crippen LogP contribution in [0.5, 0.6) is 0 Å². The molecule has 18 heavy (non-hydrogen) atoms. The lowest BCUT2D eigenvalue weighted by Gasteiger charge is -2.18. The van der Waals surface area contributed by atoms with Crippen LogP contribution in [0.4, 0.5) is 8.78 Å². The zero-order valence-corrected chi connectivity index (χ0v) is 11.1. The van der Waals surface area contributed by atoms with Gasteiger partial charge in [-0.3, -0.25) is 10.5 Å². The number of halogens is 3. The quantitative estimate of drug-likeness (QED) is 0.673. The largest absolute Gasteiger partial charge is 0.271 e. The maximum absolute atomic E-state index is 13.9. The molecule has 0 amide bonds. The first kappa shape index (κ1) is 13.1. The highest BCUT2D eigenvalue weighted by Gasteiger charge is 2.23. The summed E-state index contributed by atoms with van der Waals surface area (Å²) in [4.78, 5) is 0. The minimum Gasteiger partial charge on any atom is -0.271 e. The second kappa shape index (κ2) is 5.13. The summed E-state index contributed by atoms with van der Waals surface area (Å²) in [5.74, 6) is 4.05. The van der Waals surface area contributed by atoms with E-state index in [1.165, 1.54) is 23.0 Å². The highest BCUT2D eigenvalue weighted by atomic mass is 79.9. The molecule has 0 aliphatic heterocycles. The first-order chi connectivity index (χ1) is 8.54. The topological polar surface area (TPSA) is 55.9 Å². The van der Waals surface area contributed by atoms with Crippen LogP contribution >= 0.6 is 15.9 Å². The van der Waals surface area contributed by atoms with Gasteiger partial charge in [-0.25, -0.2) is 14.2 Å². The molecule has 1 aromatic carbocycles. The zero-order chi connectivity index (χ0) is 13.3. The van der Waals surface area contributed by atoms with Crippen LogP contribution in [0.25, 0.3) is 0 Å². The summed E-state index contributed by atoms with van der Waals surface area (Å²) in [7, 11) is 1.67. The number of hydrogen-bond acceptors (Lipinski definition) is 3. The highest BCUT2D eigenvalue weighted by molar-refractivity contribution is 9.10. The maximum Gasteiger partial charge on any atom is 0.132 e. The van der Waals surface area contributed by atoms with Gasteiger partial charge in [0.15, 0.2) is 0 Å². The van der Waals surface area contributed by atoms with Gasteiger partial charge in [0.05, 0.1) is 11.7 Å². The summed E-state index contributed by atoms with van der Waals surface area (Å²) >= 11 is 3.03. The molecule has 0 saturated heterocycles. The van der Waals surface area contributed by atoms with Gasteiger partial charge in [-0.05, 0) is 18.2 Å². The van der Waals surface area contributed by atoms with Crippen molar-refractivity contribution < 1.29 is 8.78 Å². The molecule has 2 rings (SSSR count). The molecule has 7 heteroatoms.